The Kier molecular flexibility index (Phi) is 1.93. The highest BCUT2D eigenvalue weighted by Gasteiger charge is 1.99. The molecular formula is C6H8BrNO. The first-order valence-electron chi connectivity index (χ1n) is 2.66. The van der Waals surface area contributed by atoms with E-state index in [0.29, 0.717) is 0 Å². The highest BCUT2D eigenvalue weighted by Crippen LogP contribution is 2.16. The molecule has 0 spiro atoms. The zero-order chi connectivity index (χ0) is 6.85. The van der Waals surface area contributed by atoms with Gasteiger partial charge in [-0.15, -0.1) is 0 Å². The van der Waals surface area contributed by atoms with Crippen LogP contribution in [0.2, 0.25) is 0 Å². The molecule has 0 saturated carbocycles. The van der Waals surface area contributed by atoms with Crippen LogP contribution in [-0.2, 0) is 13.7 Å². The van der Waals surface area contributed by atoms with Crippen LogP contribution in [0.3, 0.4) is 0 Å². The topological polar surface area (TPSA) is 25.2 Å². The number of rotatable bonds is 1. The quantitative estimate of drug-likeness (QED) is 0.708. The Morgan fingerprint density at radius 2 is 2.44 bits per heavy atom. The van der Waals surface area contributed by atoms with Crippen molar-refractivity contribution in [2.24, 2.45) is 7.05 Å². The number of hydrogen-bond acceptors (Lipinski definition) is 1. The van der Waals surface area contributed by atoms with E-state index in [1.807, 2.05) is 23.9 Å². The van der Waals surface area contributed by atoms with Gasteiger partial charge in [0, 0.05) is 17.7 Å². The van der Waals surface area contributed by atoms with Crippen LogP contribution in [0.15, 0.2) is 16.7 Å². The first-order valence-corrected chi connectivity index (χ1v) is 3.45. The monoisotopic (exact) mass is 189 g/mol. The van der Waals surface area contributed by atoms with Gasteiger partial charge in [0.2, 0.25) is 0 Å². The Hall–Kier alpha value is -0.280. The van der Waals surface area contributed by atoms with Crippen molar-refractivity contribution in [2.45, 2.75) is 6.61 Å². The second kappa shape index (κ2) is 2.54. The molecule has 1 aromatic heterocycles. The normalized spacial score (nSPS) is 10.1. The van der Waals surface area contributed by atoms with E-state index in [1.165, 1.54) is 0 Å². The van der Waals surface area contributed by atoms with E-state index in [2.05, 4.69) is 15.9 Å². The molecule has 0 amide bonds. The smallest absolute Gasteiger partial charge is 0.0844 e. The average molecular weight is 190 g/mol. The number of aliphatic hydroxyl groups is 1. The summed E-state index contributed by atoms with van der Waals surface area (Å²) in [5.74, 6) is 0. The molecular weight excluding hydrogens is 182 g/mol. The lowest BCUT2D eigenvalue weighted by atomic mass is 10.5. The zero-order valence-corrected chi connectivity index (χ0v) is 6.72. The van der Waals surface area contributed by atoms with Gasteiger partial charge >= 0.3 is 0 Å². The van der Waals surface area contributed by atoms with Crippen LogP contribution >= 0.6 is 15.9 Å². The van der Waals surface area contributed by atoms with Gasteiger partial charge < -0.3 is 9.67 Å². The summed E-state index contributed by atoms with van der Waals surface area (Å²) in [7, 11) is 1.90. The number of aromatic nitrogens is 1. The molecule has 1 N–H and O–H groups in total. The minimum atomic E-state index is 0.0874. The molecule has 0 aliphatic carbocycles. The summed E-state index contributed by atoms with van der Waals surface area (Å²) in [5, 5.41) is 8.74. The van der Waals surface area contributed by atoms with Crippen LogP contribution in [0.25, 0.3) is 0 Å². The molecule has 0 aromatic carbocycles. The molecule has 0 saturated heterocycles. The van der Waals surface area contributed by atoms with Crippen LogP contribution in [0.5, 0.6) is 0 Å². The van der Waals surface area contributed by atoms with Gasteiger partial charge in [-0.2, -0.15) is 0 Å². The van der Waals surface area contributed by atoms with E-state index < -0.39 is 0 Å². The van der Waals surface area contributed by atoms with Crippen LogP contribution in [0, 0.1) is 0 Å². The lowest BCUT2D eigenvalue weighted by molar-refractivity contribution is 0.272. The molecule has 0 radical (unpaired) electrons. The van der Waals surface area contributed by atoms with Gasteiger partial charge in [0.25, 0.3) is 0 Å². The minimum absolute atomic E-state index is 0.0874. The average Bonchev–Trinajstić information content (AvgIpc) is 2.12. The molecule has 2 nitrogen and oxygen atoms in total. The number of halogens is 1. The predicted molar refractivity (Wildman–Crippen MR) is 39.0 cm³/mol. The molecule has 0 aliphatic heterocycles. The minimum Gasteiger partial charge on any atom is -0.390 e. The summed E-state index contributed by atoms with van der Waals surface area (Å²) >= 11 is 3.30. The fourth-order valence-corrected chi connectivity index (χ4v) is 1.24. The van der Waals surface area contributed by atoms with Crippen molar-refractivity contribution >= 4 is 15.9 Å². The van der Waals surface area contributed by atoms with E-state index in [1.54, 1.807) is 0 Å². The standard InChI is InChI=1S/C6H8BrNO/c1-8-3-2-5(7)6(8)4-9/h2-3,9H,4H2,1H3. The molecule has 1 heterocycles. The Labute approximate surface area is 62.2 Å². The Morgan fingerprint density at radius 1 is 1.78 bits per heavy atom. The van der Waals surface area contributed by atoms with Crippen molar-refractivity contribution in [1.29, 1.82) is 0 Å². The SMILES string of the molecule is Cn1ccc(Br)c1CO. The first kappa shape index (κ1) is 6.83. The van der Waals surface area contributed by atoms with E-state index in [9.17, 15) is 0 Å². The maximum atomic E-state index is 8.74. The highest BCUT2D eigenvalue weighted by molar-refractivity contribution is 9.10. The summed E-state index contributed by atoms with van der Waals surface area (Å²) in [5.41, 5.74) is 0.912. The lowest BCUT2D eigenvalue weighted by Crippen LogP contribution is -1.93. The van der Waals surface area contributed by atoms with E-state index in [-0.39, 0.29) is 6.61 Å². The van der Waals surface area contributed by atoms with E-state index >= 15 is 0 Å². The number of hydrogen-bond donors (Lipinski definition) is 1. The maximum Gasteiger partial charge on any atom is 0.0844 e. The largest absolute Gasteiger partial charge is 0.390 e. The third kappa shape index (κ3) is 1.17. The summed E-state index contributed by atoms with van der Waals surface area (Å²) in [4.78, 5) is 0. The predicted octanol–water partition coefficient (Wildman–Crippen LogP) is 1.28. The molecule has 1 aromatic rings. The molecule has 9 heavy (non-hydrogen) atoms. The van der Waals surface area contributed by atoms with Crippen molar-refractivity contribution in [3.05, 3.63) is 22.4 Å². The first-order chi connectivity index (χ1) is 4.25. The van der Waals surface area contributed by atoms with Crippen LogP contribution in [0.4, 0.5) is 0 Å². The summed E-state index contributed by atoms with van der Waals surface area (Å²) in [6, 6.07) is 1.91. The van der Waals surface area contributed by atoms with Gasteiger partial charge in [-0.05, 0) is 22.0 Å². The van der Waals surface area contributed by atoms with Gasteiger partial charge in [0.05, 0.1) is 12.3 Å². The van der Waals surface area contributed by atoms with Gasteiger partial charge in [0.1, 0.15) is 0 Å². The van der Waals surface area contributed by atoms with E-state index in [0.717, 1.165) is 10.2 Å². The second-order valence-corrected chi connectivity index (χ2v) is 2.73. The Morgan fingerprint density at radius 3 is 2.67 bits per heavy atom. The molecule has 1 rings (SSSR count). The fraction of sp³-hybridized carbons (Fsp3) is 0.333. The Bertz CT molecular complexity index is 187. The van der Waals surface area contributed by atoms with Crippen LogP contribution in [-0.4, -0.2) is 9.67 Å². The number of aryl methyl sites for hydroxylation is 1. The Balaban J connectivity index is 3.07. The second-order valence-electron chi connectivity index (χ2n) is 1.88. The van der Waals surface area contributed by atoms with Crippen LogP contribution < -0.4 is 0 Å². The van der Waals surface area contributed by atoms with Gasteiger partial charge in [-0.25, -0.2) is 0 Å². The van der Waals surface area contributed by atoms with Gasteiger partial charge in [-0.3, -0.25) is 0 Å². The summed E-state index contributed by atoms with van der Waals surface area (Å²) < 4.78 is 2.84. The highest BCUT2D eigenvalue weighted by atomic mass is 79.9. The number of nitrogens with zero attached hydrogens (tertiary/aromatic N) is 1. The molecule has 0 bridgehead atoms. The molecule has 0 aliphatic rings. The molecule has 0 unspecified atom stereocenters. The third-order valence-electron chi connectivity index (χ3n) is 1.30. The maximum absolute atomic E-state index is 8.74. The van der Waals surface area contributed by atoms with Gasteiger partial charge in [-0.1, -0.05) is 0 Å². The molecule has 3 heteroatoms. The lowest BCUT2D eigenvalue weighted by Gasteiger charge is -1.97. The third-order valence-corrected chi connectivity index (χ3v) is 2.02. The van der Waals surface area contributed by atoms with Crippen molar-refractivity contribution in [1.82, 2.24) is 4.57 Å². The fourth-order valence-electron chi connectivity index (χ4n) is 0.719. The van der Waals surface area contributed by atoms with Gasteiger partial charge in [0.15, 0.2) is 0 Å². The van der Waals surface area contributed by atoms with Crippen LogP contribution in [0.1, 0.15) is 5.69 Å². The van der Waals surface area contributed by atoms with E-state index in [4.69, 9.17) is 5.11 Å². The molecule has 0 fully saturated rings. The summed E-state index contributed by atoms with van der Waals surface area (Å²) in [6.45, 7) is 0.0874. The molecule has 50 valence electrons. The van der Waals surface area contributed by atoms with Crippen molar-refractivity contribution in [3.63, 3.8) is 0 Å². The molecule has 0 atom stereocenters. The van der Waals surface area contributed by atoms with Crippen molar-refractivity contribution < 1.29 is 5.11 Å². The number of aliphatic hydroxyl groups excluding tert-OH is 1. The zero-order valence-electron chi connectivity index (χ0n) is 5.13. The van der Waals surface area contributed by atoms with Crippen molar-refractivity contribution in [3.8, 4) is 0 Å². The summed E-state index contributed by atoms with van der Waals surface area (Å²) in [6.07, 6.45) is 1.90. The van der Waals surface area contributed by atoms with Crippen molar-refractivity contribution in [2.75, 3.05) is 0 Å².